The van der Waals surface area contributed by atoms with E-state index in [0.29, 0.717) is 6.04 Å². The number of aryl methyl sites for hydroxylation is 1. The van der Waals surface area contributed by atoms with E-state index in [1.54, 1.807) is 0 Å². The minimum absolute atomic E-state index is 0.529. The van der Waals surface area contributed by atoms with Crippen molar-refractivity contribution in [3.8, 4) is 0 Å². The fraction of sp³-hybridized carbons (Fsp3) is 0.600. The topological polar surface area (TPSA) is 42.2 Å². The maximum atomic E-state index is 5.39. The zero-order valence-electron chi connectivity index (χ0n) is 11.9. The van der Waals surface area contributed by atoms with Crippen LogP contribution in [0.5, 0.6) is 0 Å². The highest BCUT2D eigenvalue weighted by atomic mass is 32.1. The number of likely N-dealkylation sites (tertiary alicyclic amines) is 1. The van der Waals surface area contributed by atoms with Crippen LogP contribution in [0.25, 0.3) is 0 Å². The van der Waals surface area contributed by atoms with Gasteiger partial charge in [0.25, 0.3) is 0 Å². The molecule has 0 saturated carbocycles. The Morgan fingerprint density at radius 1 is 1.50 bits per heavy atom. The van der Waals surface area contributed by atoms with Crippen molar-refractivity contribution >= 4 is 11.3 Å². The van der Waals surface area contributed by atoms with Crippen LogP contribution in [-0.2, 0) is 13.0 Å². The molecule has 1 atom stereocenters. The number of unbranched alkanes of at least 4 members (excludes halogenated alkanes) is 1. The molecule has 0 bridgehead atoms. The van der Waals surface area contributed by atoms with Gasteiger partial charge in [0.2, 0.25) is 5.89 Å². The molecule has 0 N–H and O–H groups in total. The minimum Gasteiger partial charge on any atom is -0.338 e. The van der Waals surface area contributed by atoms with Crippen molar-refractivity contribution in [1.29, 1.82) is 0 Å². The lowest BCUT2D eigenvalue weighted by molar-refractivity contribution is 0.214. The van der Waals surface area contributed by atoms with Gasteiger partial charge in [0.15, 0.2) is 5.82 Å². The Bertz CT molecular complexity index is 523. The standard InChI is InChI=1S/C15H21N3OS/c1-2-3-8-14-16-15(19-17-14)11-18-9-4-6-12(18)13-7-5-10-20-13/h5,7,10,12H,2-4,6,8-9,11H2,1H3/t12-/m1/s1. The molecule has 0 spiro atoms. The Labute approximate surface area is 123 Å². The van der Waals surface area contributed by atoms with Crippen LogP contribution in [0.4, 0.5) is 0 Å². The summed E-state index contributed by atoms with van der Waals surface area (Å²) in [5.74, 6) is 1.62. The van der Waals surface area contributed by atoms with Gasteiger partial charge in [-0.25, -0.2) is 0 Å². The van der Waals surface area contributed by atoms with Crippen LogP contribution in [0, 0.1) is 0 Å². The molecule has 20 heavy (non-hydrogen) atoms. The summed E-state index contributed by atoms with van der Waals surface area (Å²) in [6.45, 7) is 4.08. The van der Waals surface area contributed by atoms with E-state index in [4.69, 9.17) is 4.52 Å². The van der Waals surface area contributed by atoms with E-state index in [9.17, 15) is 0 Å². The summed E-state index contributed by atoms with van der Waals surface area (Å²) >= 11 is 1.84. The van der Waals surface area contributed by atoms with Gasteiger partial charge in [-0.2, -0.15) is 4.98 Å². The Morgan fingerprint density at radius 3 is 3.25 bits per heavy atom. The van der Waals surface area contributed by atoms with E-state index in [1.165, 1.54) is 17.7 Å². The molecule has 1 aliphatic rings. The van der Waals surface area contributed by atoms with Gasteiger partial charge in [0.1, 0.15) is 0 Å². The predicted molar refractivity (Wildman–Crippen MR) is 79.6 cm³/mol. The molecule has 3 heterocycles. The van der Waals surface area contributed by atoms with Crippen LogP contribution < -0.4 is 0 Å². The molecule has 0 amide bonds. The first-order chi connectivity index (χ1) is 9.86. The molecule has 0 aromatic carbocycles. The zero-order chi connectivity index (χ0) is 13.8. The maximum absolute atomic E-state index is 5.39. The van der Waals surface area contributed by atoms with Gasteiger partial charge in [0.05, 0.1) is 6.54 Å². The molecule has 0 unspecified atom stereocenters. The Balaban J connectivity index is 1.63. The molecule has 1 aliphatic heterocycles. The van der Waals surface area contributed by atoms with Crippen LogP contribution >= 0.6 is 11.3 Å². The first-order valence-corrected chi connectivity index (χ1v) is 8.33. The molecular formula is C15H21N3OS. The average molecular weight is 291 g/mol. The Hall–Kier alpha value is -1.20. The zero-order valence-corrected chi connectivity index (χ0v) is 12.7. The smallest absolute Gasteiger partial charge is 0.240 e. The summed E-state index contributed by atoms with van der Waals surface area (Å²) in [6, 6.07) is 4.89. The largest absolute Gasteiger partial charge is 0.338 e. The van der Waals surface area contributed by atoms with Gasteiger partial charge in [-0.05, 0) is 37.3 Å². The summed E-state index contributed by atoms with van der Waals surface area (Å²) in [4.78, 5) is 8.42. The molecule has 1 saturated heterocycles. The molecule has 1 fully saturated rings. The third-order valence-corrected chi connectivity index (χ3v) is 4.81. The number of hydrogen-bond acceptors (Lipinski definition) is 5. The summed E-state index contributed by atoms with van der Waals surface area (Å²) in [6.07, 6.45) is 5.70. The molecule has 108 valence electrons. The van der Waals surface area contributed by atoms with E-state index in [-0.39, 0.29) is 0 Å². The van der Waals surface area contributed by atoms with Crippen molar-refractivity contribution in [3.63, 3.8) is 0 Å². The van der Waals surface area contributed by atoms with E-state index >= 15 is 0 Å². The predicted octanol–water partition coefficient (Wildman–Crippen LogP) is 3.81. The molecule has 5 heteroatoms. The number of nitrogens with zero attached hydrogens (tertiary/aromatic N) is 3. The van der Waals surface area contributed by atoms with E-state index < -0.39 is 0 Å². The lowest BCUT2D eigenvalue weighted by Crippen LogP contribution is -2.22. The lowest BCUT2D eigenvalue weighted by atomic mass is 10.2. The van der Waals surface area contributed by atoms with Gasteiger partial charge < -0.3 is 4.52 Å². The second-order valence-corrected chi connectivity index (χ2v) is 6.33. The maximum Gasteiger partial charge on any atom is 0.240 e. The van der Waals surface area contributed by atoms with Gasteiger partial charge in [-0.1, -0.05) is 24.6 Å². The monoisotopic (exact) mass is 291 g/mol. The van der Waals surface area contributed by atoms with Gasteiger partial charge in [0, 0.05) is 17.3 Å². The van der Waals surface area contributed by atoms with Crippen molar-refractivity contribution in [1.82, 2.24) is 15.0 Å². The lowest BCUT2D eigenvalue weighted by Gasteiger charge is -2.21. The number of aromatic nitrogens is 2. The highest BCUT2D eigenvalue weighted by Gasteiger charge is 2.28. The fourth-order valence-corrected chi connectivity index (χ4v) is 3.68. The quantitative estimate of drug-likeness (QED) is 0.811. The second kappa shape index (κ2) is 6.50. The van der Waals surface area contributed by atoms with Crippen LogP contribution in [0.15, 0.2) is 22.0 Å². The summed E-state index contributed by atoms with van der Waals surface area (Å²) < 4.78 is 5.39. The van der Waals surface area contributed by atoms with Crippen LogP contribution in [-0.4, -0.2) is 21.6 Å². The van der Waals surface area contributed by atoms with Crippen LogP contribution in [0.2, 0.25) is 0 Å². The molecule has 0 aliphatic carbocycles. The molecule has 2 aromatic rings. The fourth-order valence-electron chi connectivity index (χ4n) is 2.78. The van der Waals surface area contributed by atoms with Crippen molar-refractivity contribution in [2.75, 3.05) is 6.54 Å². The summed E-state index contributed by atoms with van der Waals surface area (Å²) in [5, 5.41) is 6.23. The number of rotatable bonds is 6. The molecule has 0 radical (unpaired) electrons. The van der Waals surface area contributed by atoms with E-state index in [1.807, 2.05) is 11.3 Å². The highest BCUT2D eigenvalue weighted by Crippen LogP contribution is 2.35. The molecule has 3 rings (SSSR count). The van der Waals surface area contributed by atoms with Crippen molar-refractivity contribution in [2.24, 2.45) is 0 Å². The average Bonchev–Trinajstić information content (AvgIpc) is 3.18. The number of thiophene rings is 1. The van der Waals surface area contributed by atoms with Gasteiger partial charge >= 0.3 is 0 Å². The van der Waals surface area contributed by atoms with Gasteiger partial charge in [-0.15, -0.1) is 11.3 Å². The van der Waals surface area contributed by atoms with Crippen molar-refractivity contribution in [2.45, 2.75) is 51.6 Å². The summed E-state index contributed by atoms with van der Waals surface area (Å²) in [5.41, 5.74) is 0. The molecule has 4 nitrogen and oxygen atoms in total. The molecule has 2 aromatic heterocycles. The van der Waals surface area contributed by atoms with Crippen molar-refractivity contribution < 1.29 is 4.52 Å². The third-order valence-electron chi connectivity index (χ3n) is 3.84. The normalized spacial score (nSPS) is 19.8. The van der Waals surface area contributed by atoms with Crippen LogP contribution in [0.3, 0.4) is 0 Å². The first kappa shape index (κ1) is 13.8. The Kier molecular flexibility index (Phi) is 4.47. The molecular weight excluding hydrogens is 270 g/mol. The summed E-state index contributed by atoms with van der Waals surface area (Å²) in [7, 11) is 0. The third kappa shape index (κ3) is 3.10. The minimum atomic E-state index is 0.529. The van der Waals surface area contributed by atoms with E-state index in [2.05, 4.69) is 39.5 Å². The SMILES string of the molecule is CCCCc1noc(CN2CCC[C@@H]2c2cccs2)n1. The first-order valence-electron chi connectivity index (χ1n) is 7.45. The van der Waals surface area contributed by atoms with E-state index in [0.717, 1.165) is 44.1 Å². The number of hydrogen-bond donors (Lipinski definition) is 0. The second-order valence-electron chi connectivity index (χ2n) is 5.35. The highest BCUT2D eigenvalue weighted by molar-refractivity contribution is 7.10. The Morgan fingerprint density at radius 2 is 2.45 bits per heavy atom. The van der Waals surface area contributed by atoms with Crippen LogP contribution in [0.1, 0.15) is 55.2 Å². The van der Waals surface area contributed by atoms with Crippen molar-refractivity contribution in [3.05, 3.63) is 34.1 Å². The van der Waals surface area contributed by atoms with Gasteiger partial charge in [-0.3, -0.25) is 4.90 Å².